The maximum atomic E-state index is 12.3. The van der Waals surface area contributed by atoms with Crippen molar-refractivity contribution in [1.29, 1.82) is 0 Å². The van der Waals surface area contributed by atoms with Crippen molar-refractivity contribution < 1.29 is 9.53 Å². The molecule has 1 aromatic heterocycles. The lowest BCUT2D eigenvalue weighted by atomic mass is 9.90. The second-order valence-electron chi connectivity index (χ2n) is 6.00. The Hall–Kier alpha value is -1.88. The maximum Gasteiger partial charge on any atom is 0.220 e. The van der Waals surface area contributed by atoms with Crippen LogP contribution in [0.15, 0.2) is 35.2 Å². The van der Waals surface area contributed by atoms with E-state index >= 15 is 0 Å². The number of benzene rings is 1. The Morgan fingerprint density at radius 1 is 1.39 bits per heavy atom. The normalized spacial score (nSPS) is 15.2. The van der Waals surface area contributed by atoms with Crippen molar-refractivity contribution in [2.45, 2.75) is 31.6 Å². The molecule has 1 aromatic carbocycles. The first-order valence-corrected chi connectivity index (χ1v) is 8.98. The van der Waals surface area contributed by atoms with E-state index < -0.39 is 0 Å². The number of hydrogen-bond donors (Lipinski definition) is 1. The van der Waals surface area contributed by atoms with Crippen LogP contribution in [0.4, 0.5) is 0 Å². The van der Waals surface area contributed by atoms with Gasteiger partial charge in [-0.2, -0.15) is 0 Å². The number of rotatable bonds is 8. The van der Waals surface area contributed by atoms with Gasteiger partial charge in [0.05, 0.1) is 18.3 Å². The predicted octanol–water partition coefficient (Wildman–Crippen LogP) is 3.39. The molecule has 1 atom stereocenters. The highest BCUT2D eigenvalue weighted by Crippen LogP contribution is 2.44. The van der Waals surface area contributed by atoms with Crippen LogP contribution in [0.5, 0.6) is 5.75 Å². The largest absolute Gasteiger partial charge is 0.497 e. The van der Waals surface area contributed by atoms with Crippen molar-refractivity contribution in [3.05, 3.63) is 46.4 Å². The van der Waals surface area contributed by atoms with E-state index in [0.29, 0.717) is 24.8 Å². The minimum atomic E-state index is 0.132. The third-order valence-electron chi connectivity index (χ3n) is 4.33. The van der Waals surface area contributed by atoms with Gasteiger partial charge in [-0.25, -0.2) is 4.98 Å². The smallest absolute Gasteiger partial charge is 0.220 e. The summed E-state index contributed by atoms with van der Waals surface area (Å²) in [5, 5.41) is 5.05. The van der Waals surface area contributed by atoms with Gasteiger partial charge in [0.1, 0.15) is 5.75 Å². The number of carbonyl (C=O) groups excluding carboxylic acids is 1. The van der Waals surface area contributed by atoms with E-state index in [9.17, 15) is 4.79 Å². The van der Waals surface area contributed by atoms with Crippen LogP contribution in [0.2, 0.25) is 0 Å². The van der Waals surface area contributed by atoms with E-state index in [2.05, 4.69) is 22.4 Å². The van der Waals surface area contributed by atoms with Gasteiger partial charge in [-0.05, 0) is 42.4 Å². The van der Waals surface area contributed by atoms with Crippen molar-refractivity contribution in [2.75, 3.05) is 13.7 Å². The lowest BCUT2D eigenvalue weighted by Crippen LogP contribution is -2.27. The number of nitrogens with zero attached hydrogens (tertiary/aromatic N) is 1. The number of hydrogen-bond acceptors (Lipinski definition) is 4. The fourth-order valence-corrected chi connectivity index (χ4v) is 3.46. The molecular weight excluding hydrogens is 308 g/mol. The molecule has 0 aliphatic heterocycles. The molecule has 122 valence electrons. The molecule has 3 rings (SSSR count). The van der Waals surface area contributed by atoms with Gasteiger partial charge in [0.25, 0.3) is 0 Å². The van der Waals surface area contributed by atoms with E-state index in [4.69, 9.17) is 4.74 Å². The third-order valence-corrected chi connectivity index (χ3v) is 4.96. The highest BCUT2D eigenvalue weighted by molar-refractivity contribution is 7.07. The molecule has 23 heavy (non-hydrogen) atoms. The molecule has 1 heterocycles. The van der Waals surface area contributed by atoms with Crippen LogP contribution in [0.3, 0.4) is 0 Å². The Morgan fingerprint density at radius 2 is 2.17 bits per heavy atom. The topological polar surface area (TPSA) is 51.2 Å². The van der Waals surface area contributed by atoms with E-state index in [1.807, 2.05) is 23.0 Å². The average Bonchev–Trinajstić information content (AvgIpc) is 3.29. The number of amides is 1. The van der Waals surface area contributed by atoms with Crippen LogP contribution in [0.25, 0.3) is 0 Å². The lowest BCUT2D eigenvalue weighted by molar-refractivity contribution is -0.121. The van der Waals surface area contributed by atoms with Gasteiger partial charge in [0.15, 0.2) is 0 Å². The molecule has 1 N–H and O–H groups in total. The molecule has 1 fully saturated rings. The Labute approximate surface area is 140 Å². The molecular formula is C18H22N2O2S. The number of nitrogens with one attached hydrogen (secondary N) is 1. The van der Waals surface area contributed by atoms with Gasteiger partial charge >= 0.3 is 0 Å². The molecule has 4 nitrogen and oxygen atoms in total. The summed E-state index contributed by atoms with van der Waals surface area (Å²) >= 11 is 1.59. The van der Waals surface area contributed by atoms with Crippen molar-refractivity contribution in [3.63, 3.8) is 0 Å². The molecule has 1 aliphatic rings. The fourth-order valence-electron chi connectivity index (χ4n) is 2.87. The molecule has 2 aromatic rings. The SMILES string of the molecule is COc1ccc(C(CC(=O)NCCc2cscn2)C2CC2)cc1. The van der Waals surface area contributed by atoms with Crippen molar-refractivity contribution in [1.82, 2.24) is 10.3 Å². The number of carbonyl (C=O) groups is 1. The van der Waals surface area contributed by atoms with Gasteiger partial charge in [-0.15, -0.1) is 11.3 Å². The van der Waals surface area contributed by atoms with Crippen LogP contribution in [-0.2, 0) is 11.2 Å². The number of methoxy groups -OCH3 is 1. The number of thiazole rings is 1. The van der Waals surface area contributed by atoms with E-state index in [0.717, 1.165) is 17.9 Å². The van der Waals surface area contributed by atoms with Crippen molar-refractivity contribution in [2.24, 2.45) is 5.92 Å². The number of ether oxygens (including phenoxy) is 1. The summed E-state index contributed by atoms with van der Waals surface area (Å²) in [6.45, 7) is 0.655. The molecule has 1 saturated carbocycles. The molecule has 1 amide bonds. The Balaban J connectivity index is 1.53. The first kappa shape index (κ1) is 16.0. The van der Waals surface area contributed by atoms with E-state index in [1.165, 1.54) is 18.4 Å². The molecule has 1 aliphatic carbocycles. The molecule has 1 unspecified atom stereocenters. The summed E-state index contributed by atoms with van der Waals surface area (Å²) in [6.07, 6.45) is 3.81. The van der Waals surface area contributed by atoms with Gasteiger partial charge in [-0.1, -0.05) is 12.1 Å². The zero-order chi connectivity index (χ0) is 16.1. The zero-order valence-electron chi connectivity index (χ0n) is 13.3. The average molecular weight is 330 g/mol. The maximum absolute atomic E-state index is 12.3. The predicted molar refractivity (Wildman–Crippen MR) is 91.9 cm³/mol. The minimum Gasteiger partial charge on any atom is -0.497 e. The second-order valence-corrected chi connectivity index (χ2v) is 6.72. The van der Waals surface area contributed by atoms with Gasteiger partial charge in [-0.3, -0.25) is 4.79 Å². The zero-order valence-corrected chi connectivity index (χ0v) is 14.1. The monoisotopic (exact) mass is 330 g/mol. The van der Waals surface area contributed by atoms with Gasteiger partial charge < -0.3 is 10.1 Å². The van der Waals surface area contributed by atoms with Crippen LogP contribution >= 0.6 is 11.3 Å². The standard InChI is InChI=1S/C18H22N2O2S/c1-22-16-6-4-14(5-7-16)17(13-2-3-13)10-18(21)19-9-8-15-11-23-12-20-15/h4-7,11-13,17H,2-3,8-10H2,1H3,(H,19,21). The third kappa shape index (κ3) is 4.55. The lowest BCUT2D eigenvalue weighted by Gasteiger charge is -2.17. The quantitative estimate of drug-likeness (QED) is 0.807. The molecule has 5 heteroatoms. The Kier molecular flexibility index (Phi) is 5.28. The molecule has 0 saturated heterocycles. The van der Waals surface area contributed by atoms with E-state index in [-0.39, 0.29) is 5.91 Å². The van der Waals surface area contributed by atoms with Crippen molar-refractivity contribution >= 4 is 17.2 Å². The summed E-state index contributed by atoms with van der Waals surface area (Å²) in [5.74, 6) is 1.96. The van der Waals surface area contributed by atoms with Gasteiger partial charge in [0.2, 0.25) is 5.91 Å². The second kappa shape index (κ2) is 7.59. The van der Waals surface area contributed by atoms with Crippen LogP contribution in [0, 0.1) is 5.92 Å². The highest BCUT2D eigenvalue weighted by Gasteiger charge is 2.33. The minimum absolute atomic E-state index is 0.132. The van der Waals surface area contributed by atoms with Crippen LogP contribution < -0.4 is 10.1 Å². The summed E-state index contributed by atoms with van der Waals surface area (Å²) < 4.78 is 5.21. The first-order chi connectivity index (χ1) is 11.3. The fraction of sp³-hybridized carbons (Fsp3) is 0.444. The Bertz CT molecular complexity index is 621. The Morgan fingerprint density at radius 3 is 2.78 bits per heavy atom. The summed E-state index contributed by atoms with van der Waals surface area (Å²) in [7, 11) is 1.67. The van der Waals surface area contributed by atoms with Gasteiger partial charge in [0, 0.05) is 24.8 Å². The van der Waals surface area contributed by atoms with Crippen molar-refractivity contribution in [3.8, 4) is 5.75 Å². The molecule has 0 radical (unpaired) electrons. The van der Waals surface area contributed by atoms with E-state index in [1.54, 1.807) is 18.4 Å². The number of aromatic nitrogens is 1. The summed E-state index contributed by atoms with van der Waals surface area (Å²) in [4.78, 5) is 16.5. The summed E-state index contributed by atoms with van der Waals surface area (Å²) in [6, 6.07) is 8.13. The van der Waals surface area contributed by atoms with Crippen LogP contribution in [-0.4, -0.2) is 24.5 Å². The molecule has 0 spiro atoms. The highest BCUT2D eigenvalue weighted by atomic mass is 32.1. The molecule has 0 bridgehead atoms. The van der Waals surface area contributed by atoms with Crippen LogP contribution in [0.1, 0.15) is 36.4 Å². The summed E-state index contributed by atoms with van der Waals surface area (Å²) in [5.41, 5.74) is 4.11. The first-order valence-electron chi connectivity index (χ1n) is 8.04.